The Hall–Kier alpha value is -1.55. The first kappa shape index (κ1) is 12.9. The lowest BCUT2D eigenvalue weighted by Gasteiger charge is -2.03. The van der Waals surface area contributed by atoms with Gasteiger partial charge in [-0.2, -0.15) is 0 Å². The number of hydrogen-bond donors (Lipinski definition) is 0. The van der Waals surface area contributed by atoms with Crippen LogP contribution in [0.15, 0.2) is 41.0 Å². The zero-order valence-corrected chi connectivity index (χ0v) is 11.4. The molecule has 92 valence electrons. The van der Waals surface area contributed by atoms with Crippen molar-refractivity contribution in [1.82, 2.24) is 4.98 Å². The second kappa shape index (κ2) is 5.40. The van der Waals surface area contributed by atoms with Gasteiger partial charge in [0.15, 0.2) is 5.78 Å². The van der Waals surface area contributed by atoms with Crippen LogP contribution in [0, 0.1) is 12.7 Å². The van der Waals surface area contributed by atoms with Gasteiger partial charge in [0.05, 0.1) is 10.9 Å². The summed E-state index contributed by atoms with van der Waals surface area (Å²) in [5.41, 5.74) is 2.24. The van der Waals surface area contributed by atoms with Gasteiger partial charge >= 0.3 is 0 Å². The van der Waals surface area contributed by atoms with Crippen molar-refractivity contribution in [3.63, 3.8) is 0 Å². The molecule has 0 amide bonds. The second-order valence-electron chi connectivity index (χ2n) is 4.06. The van der Waals surface area contributed by atoms with Crippen molar-refractivity contribution in [2.24, 2.45) is 0 Å². The number of halogens is 2. The Morgan fingerprint density at radius 1 is 1.33 bits per heavy atom. The summed E-state index contributed by atoms with van der Waals surface area (Å²) in [4.78, 5) is 16.2. The normalized spacial score (nSPS) is 10.4. The third-order valence-electron chi connectivity index (χ3n) is 2.56. The molecular formula is C14H11BrFNO. The number of hydrogen-bond acceptors (Lipinski definition) is 2. The van der Waals surface area contributed by atoms with Crippen LogP contribution >= 0.6 is 15.9 Å². The molecule has 2 rings (SSSR count). The molecule has 2 nitrogen and oxygen atoms in total. The van der Waals surface area contributed by atoms with Crippen molar-refractivity contribution >= 4 is 21.7 Å². The highest BCUT2D eigenvalue weighted by atomic mass is 79.9. The number of pyridine rings is 1. The van der Waals surface area contributed by atoms with E-state index in [0.717, 1.165) is 5.56 Å². The van der Waals surface area contributed by atoms with E-state index in [0.29, 0.717) is 15.7 Å². The number of benzene rings is 1. The van der Waals surface area contributed by atoms with Crippen LogP contribution in [-0.4, -0.2) is 10.8 Å². The molecule has 0 spiro atoms. The molecule has 1 heterocycles. The van der Waals surface area contributed by atoms with E-state index in [1.807, 2.05) is 19.1 Å². The highest BCUT2D eigenvalue weighted by Crippen LogP contribution is 2.18. The number of nitrogens with zero attached hydrogens (tertiary/aromatic N) is 1. The summed E-state index contributed by atoms with van der Waals surface area (Å²) in [6, 6.07) is 7.99. The molecule has 4 heteroatoms. The van der Waals surface area contributed by atoms with Gasteiger partial charge in [-0.3, -0.25) is 9.78 Å². The van der Waals surface area contributed by atoms with Crippen LogP contribution in [0.25, 0.3) is 0 Å². The molecule has 0 N–H and O–H groups in total. The van der Waals surface area contributed by atoms with E-state index < -0.39 is 0 Å². The third-order valence-corrected chi connectivity index (χ3v) is 3.16. The van der Waals surface area contributed by atoms with Crippen LogP contribution in [0.1, 0.15) is 21.6 Å². The largest absolute Gasteiger partial charge is 0.294 e. The highest BCUT2D eigenvalue weighted by molar-refractivity contribution is 9.10. The molecule has 0 aliphatic heterocycles. The molecule has 0 atom stereocenters. The Bertz CT molecular complexity index is 581. The monoisotopic (exact) mass is 307 g/mol. The van der Waals surface area contributed by atoms with Gasteiger partial charge in [-0.1, -0.05) is 6.07 Å². The molecule has 0 bridgehead atoms. The van der Waals surface area contributed by atoms with E-state index in [1.165, 1.54) is 18.2 Å². The van der Waals surface area contributed by atoms with Gasteiger partial charge in [-0.05, 0) is 52.7 Å². The van der Waals surface area contributed by atoms with Gasteiger partial charge in [0.1, 0.15) is 5.82 Å². The van der Waals surface area contributed by atoms with Gasteiger partial charge in [0, 0.05) is 17.5 Å². The Balaban J connectivity index is 2.16. The molecule has 0 radical (unpaired) electrons. The molecule has 1 aromatic heterocycles. The van der Waals surface area contributed by atoms with Crippen molar-refractivity contribution in [3.05, 3.63) is 63.6 Å². The third kappa shape index (κ3) is 3.01. The summed E-state index contributed by atoms with van der Waals surface area (Å²) in [6.45, 7) is 1.94. The second-order valence-corrected chi connectivity index (χ2v) is 4.91. The van der Waals surface area contributed by atoms with Gasteiger partial charge < -0.3 is 0 Å². The van der Waals surface area contributed by atoms with E-state index >= 15 is 0 Å². The van der Waals surface area contributed by atoms with Gasteiger partial charge in [-0.15, -0.1) is 0 Å². The van der Waals surface area contributed by atoms with Crippen molar-refractivity contribution < 1.29 is 9.18 Å². The van der Waals surface area contributed by atoms with Crippen molar-refractivity contribution in [2.45, 2.75) is 13.3 Å². The lowest BCUT2D eigenvalue weighted by atomic mass is 10.1. The quantitative estimate of drug-likeness (QED) is 0.809. The molecule has 2 aromatic rings. The van der Waals surface area contributed by atoms with Crippen molar-refractivity contribution in [1.29, 1.82) is 0 Å². The van der Waals surface area contributed by atoms with Crippen molar-refractivity contribution in [2.75, 3.05) is 0 Å². The minimum Gasteiger partial charge on any atom is -0.294 e. The van der Waals surface area contributed by atoms with E-state index in [2.05, 4.69) is 20.9 Å². The predicted octanol–water partition coefficient (Wildman–Crippen LogP) is 3.72. The van der Waals surface area contributed by atoms with E-state index in [1.54, 1.807) is 6.20 Å². The van der Waals surface area contributed by atoms with Gasteiger partial charge in [0.2, 0.25) is 0 Å². The molecule has 0 aliphatic carbocycles. The summed E-state index contributed by atoms with van der Waals surface area (Å²) in [6.07, 6.45) is 1.95. The smallest absolute Gasteiger partial charge is 0.168 e. The molecule has 0 fully saturated rings. The van der Waals surface area contributed by atoms with Crippen LogP contribution in [-0.2, 0) is 6.42 Å². The summed E-state index contributed by atoms with van der Waals surface area (Å²) < 4.78 is 13.4. The minimum absolute atomic E-state index is 0.0768. The average molecular weight is 308 g/mol. The van der Waals surface area contributed by atoms with Crippen LogP contribution in [0.2, 0.25) is 0 Å². The maximum Gasteiger partial charge on any atom is 0.168 e. The Morgan fingerprint density at radius 3 is 2.72 bits per heavy atom. The van der Waals surface area contributed by atoms with Gasteiger partial charge in [0.25, 0.3) is 0 Å². The molecule has 18 heavy (non-hydrogen) atoms. The number of carbonyl (C=O) groups excluding carboxylic acids is 1. The van der Waals surface area contributed by atoms with Crippen molar-refractivity contribution in [3.8, 4) is 0 Å². The number of aryl methyl sites for hydroxylation is 1. The molecule has 0 saturated heterocycles. The fourth-order valence-corrected chi connectivity index (χ4v) is 1.92. The topological polar surface area (TPSA) is 30.0 Å². The Labute approximate surface area is 113 Å². The first-order valence-corrected chi connectivity index (χ1v) is 6.25. The maximum absolute atomic E-state index is 13.1. The first-order valence-electron chi connectivity index (χ1n) is 5.46. The minimum atomic E-state index is -0.375. The standard InChI is InChI=1S/C14H11BrFNO/c1-9-2-4-11(17-8-9)7-14(18)10-3-5-13(16)12(15)6-10/h2-6,8H,7H2,1H3. The predicted molar refractivity (Wildman–Crippen MR) is 71.1 cm³/mol. The van der Waals surface area contributed by atoms with E-state index in [-0.39, 0.29) is 18.0 Å². The number of aromatic nitrogens is 1. The summed E-state index contributed by atoms with van der Waals surface area (Å²) in [5, 5.41) is 0. The molecular weight excluding hydrogens is 297 g/mol. The fourth-order valence-electron chi connectivity index (χ4n) is 1.54. The van der Waals surface area contributed by atoms with Crippen LogP contribution in [0.4, 0.5) is 4.39 Å². The average Bonchev–Trinajstić information content (AvgIpc) is 2.35. The summed E-state index contributed by atoms with van der Waals surface area (Å²) in [7, 11) is 0. The molecule has 0 unspecified atom stereocenters. The maximum atomic E-state index is 13.1. The SMILES string of the molecule is Cc1ccc(CC(=O)c2ccc(F)c(Br)c2)nc1. The van der Waals surface area contributed by atoms with E-state index in [4.69, 9.17) is 0 Å². The fraction of sp³-hybridized carbons (Fsp3) is 0.143. The summed E-state index contributed by atoms with van der Waals surface area (Å²) >= 11 is 3.07. The number of Topliss-reactive ketones (excluding diaryl/α,β-unsaturated/α-hetero) is 1. The first-order chi connectivity index (χ1) is 8.56. The number of carbonyl (C=O) groups is 1. The summed E-state index contributed by atoms with van der Waals surface area (Å²) in [5.74, 6) is -0.452. The van der Waals surface area contributed by atoms with Crippen LogP contribution in [0.5, 0.6) is 0 Å². The van der Waals surface area contributed by atoms with Gasteiger partial charge in [-0.25, -0.2) is 4.39 Å². The molecule has 1 aromatic carbocycles. The van der Waals surface area contributed by atoms with Crippen LogP contribution < -0.4 is 0 Å². The van der Waals surface area contributed by atoms with Crippen LogP contribution in [0.3, 0.4) is 0 Å². The molecule has 0 saturated carbocycles. The number of ketones is 1. The zero-order valence-electron chi connectivity index (χ0n) is 9.78. The zero-order chi connectivity index (χ0) is 13.1. The Morgan fingerprint density at radius 2 is 2.11 bits per heavy atom. The Kier molecular flexibility index (Phi) is 3.87. The lowest BCUT2D eigenvalue weighted by Crippen LogP contribution is -2.05. The highest BCUT2D eigenvalue weighted by Gasteiger charge is 2.10. The lowest BCUT2D eigenvalue weighted by molar-refractivity contribution is 0.0992. The number of rotatable bonds is 3. The van der Waals surface area contributed by atoms with E-state index in [9.17, 15) is 9.18 Å². The molecule has 0 aliphatic rings.